The molecule has 7 aromatic carbocycles. The van der Waals surface area contributed by atoms with E-state index < -0.39 is 0 Å². The molecular formula is C51H33N3O. The molecule has 4 nitrogen and oxygen atoms in total. The number of benzene rings is 7. The van der Waals surface area contributed by atoms with Gasteiger partial charge in [-0.2, -0.15) is 0 Å². The van der Waals surface area contributed by atoms with Gasteiger partial charge in [-0.15, -0.1) is 0 Å². The molecule has 1 unspecified atom stereocenters. The van der Waals surface area contributed by atoms with Gasteiger partial charge in [0.1, 0.15) is 17.0 Å². The molecule has 1 aliphatic heterocycles. The minimum Gasteiger partial charge on any atom is -0.456 e. The molecule has 0 spiro atoms. The minimum absolute atomic E-state index is 0.0662. The number of pyridine rings is 1. The summed E-state index contributed by atoms with van der Waals surface area (Å²) in [5.41, 5.74) is 13.6. The zero-order valence-electron chi connectivity index (χ0n) is 29.8. The van der Waals surface area contributed by atoms with Crippen molar-refractivity contribution in [2.75, 3.05) is 0 Å². The van der Waals surface area contributed by atoms with Crippen LogP contribution in [0.15, 0.2) is 203 Å². The molecule has 0 saturated heterocycles. The maximum Gasteiger partial charge on any atom is 0.136 e. The highest BCUT2D eigenvalue weighted by Gasteiger charge is 2.25. The predicted octanol–water partition coefficient (Wildman–Crippen LogP) is 12.5. The Labute approximate surface area is 318 Å². The quantitative estimate of drug-likeness (QED) is 0.182. The van der Waals surface area contributed by atoms with Crippen molar-refractivity contribution in [2.24, 2.45) is 4.99 Å². The lowest BCUT2D eigenvalue weighted by molar-refractivity contribution is 0.669. The molecule has 2 aromatic heterocycles. The molecule has 9 aromatic rings. The summed E-state index contributed by atoms with van der Waals surface area (Å²) < 4.78 is 6.59. The Kier molecular flexibility index (Phi) is 7.20. The first-order valence-electron chi connectivity index (χ1n) is 18.7. The first-order chi connectivity index (χ1) is 27.3. The average Bonchev–Trinajstić information content (AvgIpc) is 3.64. The second-order valence-electron chi connectivity index (χ2n) is 14.1. The molecule has 0 bridgehead atoms. The molecule has 0 fully saturated rings. The monoisotopic (exact) mass is 703 g/mol. The second kappa shape index (κ2) is 12.7. The fraction of sp³-hybridized carbons (Fsp3) is 0.0196. The molecule has 11 rings (SSSR count). The summed E-state index contributed by atoms with van der Waals surface area (Å²) in [7, 11) is 0. The van der Waals surface area contributed by atoms with Crippen molar-refractivity contribution in [1.29, 1.82) is 0 Å². The van der Waals surface area contributed by atoms with Gasteiger partial charge in [-0.3, -0.25) is 0 Å². The van der Waals surface area contributed by atoms with E-state index in [4.69, 9.17) is 14.4 Å². The van der Waals surface area contributed by atoms with E-state index in [0.717, 1.165) is 88.8 Å². The topological polar surface area (TPSA) is 50.4 Å². The van der Waals surface area contributed by atoms with Gasteiger partial charge in [0.25, 0.3) is 0 Å². The fourth-order valence-electron chi connectivity index (χ4n) is 8.32. The molecule has 1 aliphatic carbocycles. The van der Waals surface area contributed by atoms with Crippen LogP contribution in [0.25, 0.3) is 82.8 Å². The third kappa shape index (κ3) is 5.22. The van der Waals surface area contributed by atoms with Crippen molar-refractivity contribution in [2.45, 2.75) is 6.04 Å². The van der Waals surface area contributed by atoms with E-state index in [-0.39, 0.29) is 6.04 Å². The first-order valence-corrected chi connectivity index (χ1v) is 18.7. The van der Waals surface area contributed by atoms with Crippen LogP contribution in [0.1, 0.15) is 11.1 Å². The zero-order chi connectivity index (χ0) is 36.3. The highest BCUT2D eigenvalue weighted by atomic mass is 16.3. The van der Waals surface area contributed by atoms with Gasteiger partial charge in [-0.1, -0.05) is 164 Å². The highest BCUT2D eigenvalue weighted by Crippen LogP contribution is 2.46. The minimum atomic E-state index is 0.0662. The molecule has 1 atom stereocenters. The number of hydrogen-bond donors (Lipinski definition) is 1. The van der Waals surface area contributed by atoms with E-state index in [1.807, 2.05) is 12.1 Å². The molecular weight excluding hydrogens is 671 g/mol. The molecule has 1 N–H and O–H groups in total. The standard InChI is InChI=1S/C51H33N3O/c1-3-14-33(15-4-1)46-47-38-20-7-10-23-42(38)52-50(41(47)31-45-48(46)40-22-9-12-25-44(40)55-45)37-19-13-18-36(30-37)32-26-28-35(29-27-32)51-53-43-24-11-8-21-39(43)49(54-51)34-16-5-2-6-17-34/h1-31,43H,(H,53,54). The van der Waals surface area contributed by atoms with Crippen LogP contribution in [-0.2, 0) is 0 Å². The largest absolute Gasteiger partial charge is 0.456 e. The van der Waals surface area contributed by atoms with E-state index in [0.29, 0.717) is 0 Å². The number of allylic oxidation sites excluding steroid dienone is 2. The van der Waals surface area contributed by atoms with Gasteiger partial charge in [-0.05, 0) is 41.0 Å². The molecule has 0 amide bonds. The summed E-state index contributed by atoms with van der Waals surface area (Å²) in [5, 5.41) is 9.27. The van der Waals surface area contributed by atoms with Crippen LogP contribution in [0.2, 0.25) is 0 Å². The maximum atomic E-state index is 6.59. The average molecular weight is 704 g/mol. The Hall–Kier alpha value is -7.30. The summed E-state index contributed by atoms with van der Waals surface area (Å²) in [6.07, 6.45) is 8.53. The van der Waals surface area contributed by atoms with Crippen molar-refractivity contribution < 1.29 is 4.42 Å². The SMILES string of the molecule is C1=CC2=C(c3ccccc3)N=C(c3ccc(-c4cccc(-c5nc6ccccc6c6c(-c7ccccc7)c7c(cc56)oc5ccccc57)c4)cc3)NC2C=C1. The third-order valence-corrected chi connectivity index (χ3v) is 10.9. The van der Waals surface area contributed by atoms with Crippen molar-refractivity contribution in [3.05, 3.63) is 205 Å². The zero-order valence-corrected chi connectivity index (χ0v) is 29.8. The molecule has 2 aliphatic rings. The number of hydrogen-bond acceptors (Lipinski definition) is 4. The van der Waals surface area contributed by atoms with E-state index >= 15 is 0 Å². The predicted molar refractivity (Wildman–Crippen MR) is 228 cm³/mol. The van der Waals surface area contributed by atoms with Gasteiger partial charge in [0.15, 0.2) is 0 Å². The van der Waals surface area contributed by atoms with Crippen molar-refractivity contribution in [1.82, 2.24) is 10.3 Å². The third-order valence-electron chi connectivity index (χ3n) is 10.9. The van der Waals surface area contributed by atoms with Gasteiger partial charge < -0.3 is 9.73 Å². The highest BCUT2D eigenvalue weighted by molar-refractivity contribution is 6.27. The molecule has 3 heterocycles. The Morgan fingerprint density at radius 3 is 2.02 bits per heavy atom. The number of fused-ring (bicyclic) bond motifs is 7. The van der Waals surface area contributed by atoms with E-state index in [1.165, 1.54) is 16.5 Å². The van der Waals surface area contributed by atoms with Crippen LogP contribution < -0.4 is 5.32 Å². The van der Waals surface area contributed by atoms with Gasteiger partial charge in [-0.25, -0.2) is 9.98 Å². The Morgan fingerprint density at radius 2 is 1.18 bits per heavy atom. The number of amidine groups is 1. The lowest BCUT2D eigenvalue weighted by Crippen LogP contribution is -2.39. The van der Waals surface area contributed by atoms with Crippen LogP contribution in [-0.4, -0.2) is 16.9 Å². The van der Waals surface area contributed by atoms with Crippen molar-refractivity contribution in [3.8, 4) is 33.5 Å². The lowest BCUT2D eigenvalue weighted by Gasteiger charge is -2.28. The Bertz CT molecular complexity index is 3100. The number of nitrogens with zero attached hydrogens (tertiary/aromatic N) is 2. The van der Waals surface area contributed by atoms with Crippen LogP contribution >= 0.6 is 0 Å². The number of aromatic nitrogens is 1. The van der Waals surface area contributed by atoms with Gasteiger partial charge in [0, 0.05) is 54.8 Å². The van der Waals surface area contributed by atoms with Gasteiger partial charge >= 0.3 is 0 Å². The maximum absolute atomic E-state index is 6.59. The molecule has 258 valence electrons. The Balaban J connectivity index is 1.05. The van der Waals surface area contributed by atoms with Crippen LogP contribution in [0.3, 0.4) is 0 Å². The smallest absolute Gasteiger partial charge is 0.136 e. The molecule has 0 saturated carbocycles. The first kappa shape index (κ1) is 31.2. The second-order valence-corrected chi connectivity index (χ2v) is 14.1. The number of para-hydroxylation sites is 2. The van der Waals surface area contributed by atoms with Crippen molar-refractivity contribution >= 4 is 55.1 Å². The molecule has 0 radical (unpaired) electrons. The van der Waals surface area contributed by atoms with Crippen LogP contribution in [0, 0.1) is 0 Å². The summed E-state index contributed by atoms with van der Waals surface area (Å²) in [4.78, 5) is 10.5. The van der Waals surface area contributed by atoms with Crippen LogP contribution in [0.5, 0.6) is 0 Å². The number of nitrogens with one attached hydrogen (secondary N) is 1. The van der Waals surface area contributed by atoms with Crippen molar-refractivity contribution in [3.63, 3.8) is 0 Å². The van der Waals surface area contributed by atoms with E-state index in [1.54, 1.807) is 0 Å². The van der Waals surface area contributed by atoms with Gasteiger partial charge in [0.05, 0.1) is 22.9 Å². The van der Waals surface area contributed by atoms with Gasteiger partial charge in [0.2, 0.25) is 0 Å². The summed E-state index contributed by atoms with van der Waals surface area (Å²) in [6, 6.07) is 57.7. The lowest BCUT2D eigenvalue weighted by atomic mass is 9.89. The molecule has 4 heteroatoms. The normalized spacial score (nSPS) is 15.1. The Morgan fingerprint density at radius 1 is 0.491 bits per heavy atom. The number of furan rings is 1. The van der Waals surface area contributed by atoms with E-state index in [9.17, 15) is 0 Å². The summed E-state index contributed by atoms with van der Waals surface area (Å²) >= 11 is 0. The van der Waals surface area contributed by atoms with Crippen LogP contribution in [0.4, 0.5) is 0 Å². The summed E-state index contributed by atoms with van der Waals surface area (Å²) in [6.45, 7) is 0. The number of rotatable bonds is 5. The van der Waals surface area contributed by atoms with E-state index in [2.05, 4.69) is 181 Å². The summed E-state index contributed by atoms with van der Waals surface area (Å²) in [5.74, 6) is 0.866. The number of aliphatic imine (C=N–C) groups is 1. The fourth-order valence-corrected chi connectivity index (χ4v) is 8.32. The molecule has 55 heavy (non-hydrogen) atoms.